The van der Waals surface area contributed by atoms with Crippen LogP contribution in [0, 0.1) is 0 Å². The molecule has 0 aliphatic heterocycles. The highest BCUT2D eigenvalue weighted by Gasteiger charge is 2.53. The average molecular weight is 2120 g/mol. The predicted octanol–water partition coefficient (Wildman–Crippen LogP) is 34.6. The van der Waals surface area contributed by atoms with Crippen molar-refractivity contribution in [3.63, 3.8) is 0 Å². The first-order valence-electron chi connectivity index (χ1n) is 47.6. The maximum atomic E-state index is 13.3. The van der Waals surface area contributed by atoms with Gasteiger partial charge in [-0.2, -0.15) is 0 Å². The molecule has 0 heterocycles. The fourth-order valence-electron chi connectivity index (χ4n) is 24.4. The van der Waals surface area contributed by atoms with E-state index in [1.54, 1.807) is 42.5 Å². The molecular weight excluding hydrogens is 2020 g/mol. The summed E-state index contributed by atoms with van der Waals surface area (Å²) >= 11 is 17.9. The number of hydrogen-bond acceptors (Lipinski definition) is 4. The first kappa shape index (κ1) is 90.2. The van der Waals surface area contributed by atoms with Gasteiger partial charge in [-0.05, 0) is 290 Å². The summed E-state index contributed by atoms with van der Waals surface area (Å²) in [4.78, 5) is 24.4. The normalized spacial score (nSPS) is 17.0. The molecule has 27 rings (SSSR count). The monoisotopic (exact) mass is 2120 g/mol. The van der Waals surface area contributed by atoms with Gasteiger partial charge in [0.05, 0.1) is 0 Å². The van der Waals surface area contributed by atoms with Crippen molar-refractivity contribution < 1.29 is 19.8 Å². The lowest BCUT2D eigenvalue weighted by atomic mass is 9.63. The Kier molecular flexibility index (Phi) is 21.8. The molecule has 0 amide bonds. The molecule has 19 aromatic rings. The van der Waals surface area contributed by atoms with Crippen LogP contribution >= 0.6 is 79.6 Å². The SMILES string of the molecule is Brc1ccc2c(c1)Cc1ccccc1-2.CC1(C)c2ccccc2-c2ccc(-c3c4ccccc4c(-c4ccc5c(c4)C(C)(C)c4ccccc4-5)c4cc(Br)ccc34)cc21.CC1(C)c2ccccc2-c2ccc(Br)cc21.CC1(C)c2ccccc2-c2ccc(C3(O)c4ccccc4C(O)(c4ccc5c(c4)C(C)(C)c4ccccc4-5)c4cc(Br)ccc43)cc21.O=C1c2ccccc2C(=O)c2cc(Br)ccc21. The number of aliphatic hydroxyl groups is 2. The van der Waals surface area contributed by atoms with Gasteiger partial charge in [0.1, 0.15) is 11.2 Å². The summed E-state index contributed by atoms with van der Waals surface area (Å²) in [6.07, 6.45) is 1.07. The molecule has 2 atom stereocenters. The molecule has 139 heavy (non-hydrogen) atoms. The zero-order chi connectivity index (χ0) is 96.0. The van der Waals surface area contributed by atoms with Crippen LogP contribution in [0.4, 0.5) is 0 Å². The first-order chi connectivity index (χ1) is 66.9. The van der Waals surface area contributed by atoms with Crippen molar-refractivity contribution >= 4 is 113 Å². The molecular formula is C130H97Br5O4. The van der Waals surface area contributed by atoms with Gasteiger partial charge >= 0.3 is 0 Å². The second-order valence-corrected chi connectivity index (χ2v) is 45.3. The number of carbonyl (C=O) groups excluding carboxylic acids is 2. The summed E-state index contributed by atoms with van der Waals surface area (Å²) in [7, 11) is 0. The Bertz CT molecular complexity index is 8490. The van der Waals surface area contributed by atoms with Crippen LogP contribution < -0.4 is 0 Å². The Balaban J connectivity index is 0.000000107. The van der Waals surface area contributed by atoms with E-state index in [0.29, 0.717) is 44.5 Å². The van der Waals surface area contributed by atoms with Crippen molar-refractivity contribution in [1.82, 2.24) is 0 Å². The molecule has 0 bridgehead atoms. The number of rotatable bonds is 4. The number of halogens is 5. The van der Waals surface area contributed by atoms with Crippen molar-refractivity contribution in [2.24, 2.45) is 0 Å². The van der Waals surface area contributed by atoms with E-state index >= 15 is 0 Å². The highest BCUT2D eigenvalue weighted by Crippen LogP contribution is 2.61. The van der Waals surface area contributed by atoms with E-state index in [9.17, 15) is 19.8 Å². The third kappa shape index (κ3) is 14.1. The van der Waals surface area contributed by atoms with Crippen molar-refractivity contribution in [2.75, 3.05) is 0 Å². The highest BCUT2D eigenvalue weighted by atomic mass is 79.9. The number of fused-ring (bicyclic) bond motifs is 24. The lowest BCUT2D eigenvalue weighted by Crippen LogP contribution is -2.44. The minimum atomic E-state index is -1.51. The van der Waals surface area contributed by atoms with E-state index in [1.807, 2.05) is 42.5 Å². The predicted molar refractivity (Wildman–Crippen MR) is 589 cm³/mol. The Labute approximate surface area is 854 Å². The molecule has 2 unspecified atom stereocenters. The molecule has 8 aliphatic carbocycles. The zero-order valence-corrected chi connectivity index (χ0v) is 86.6. The van der Waals surface area contributed by atoms with Crippen LogP contribution in [0.15, 0.2) is 405 Å². The summed E-state index contributed by atoms with van der Waals surface area (Å²) in [5.41, 5.74) is 40.2. The molecule has 0 fully saturated rings. The van der Waals surface area contributed by atoms with Gasteiger partial charge in [-0.1, -0.05) is 452 Å². The Morgan fingerprint density at radius 2 is 0.460 bits per heavy atom. The van der Waals surface area contributed by atoms with Gasteiger partial charge in [-0.15, -0.1) is 0 Å². The summed E-state index contributed by atoms with van der Waals surface area (Å²) in [6, 6.07) is 134. The molecule has 0 saturated heterocycles. The molecule has 676 valence electrons. The van der Waals surface area contributed by atoms with Gasteiger partial charge in [0.25, 0.3) is 0 Å². The number of ketones is 2. The van der Waals surface area contributed by atoms with Crippen LogP contribution in [0.3, 0.4) is 0 Å². The molecule has 8 aliphatic rings. The lowest BCUT2D eigenvalue weighted by molar-refractivity contribution is 0.0746. The van der Waals surface area contributed by atoms with Crippen molar-refractivity contribution in [3.8, 4) is 89.0 Å². The maximum absolute atomic E-state index is 13.3. The van der Waals surface area contributed by atoms with Gasteiger partial charge in [0.2, 0.25) is 0 Å². The van der Waals surface area contributed by atoms with Crippen LogP contribution in [0.1, 0.15) is 201 Å². The number of carbonyl (C=O) groups is 2. The van der Waals surface area contributed by atoms with Crippen LogP contribution in [-0.4, -0.2) is 21.8 Å². The Morgan fingerprint density at radius 1 is 0.194 bits per heavy atom. The van der Waals surface area contributed by atoms with Gasteiger partial charge in [0, 0.05) is 77.3 Å². The average Bonchev–Trinajstić information content (AvgIpc) is 1.59. The summed E-state index contributed by atoms with van der Waals surface area (Å²) in [6.45, 7) is 23.1. The highest BCUT2D eigenvalue weighted by molar-refractivity contribution is 9.11. The van der Waals surface area contributed by atoms with E-state index in [1.165, 1.54) is 182 Å². The lowest BCUT2D eigenvalue weighted by Gasteiger charge is -2.45. The quantitative estimate of drug-likeness (QED) is 0.172. The largest absolute Gasteiger partial charge is 0.376 e. The van der Waals surface area contributed by atoms with Crippen molar-refractivity contribution in [3.05, 3.63) is 527 Å². The Morgan fingerprint density at radius 3 is 0.914 bits per heavy atom. The first-order valence-corrected chi connectivity index (χ1v) is 51.6. The summed E-state index contributed by atoms with van der Waals surface area (Å²) in [5.74, 6) is -0.167. The fourth-order valence-corrected chi connectivity index (χ4v) is 26.2. The smallest absolute Gasteiger partial charge is 0.194 e. The minimum absolute atomic E-state index is 0.0503. The summed E-state index contributed by atoms with van der Waals surface area (Å²) < 4.78 is 5.07. The zero-order valence-electron chi connectivity index (χ0n) is 78.7. The van der Waals surface area contributed by atoms with Gasteiger partial charge in [-0.3, -0.25) is 9.59 Å². The van der Waals surface area contributed by atoms with Crippen LogP contribution in [0.2, 0.25) is 0 Å². The molecule has 0 radical (unpaired) electrons. The van der Waals surface area contributed by atoms with Crippen LogP contribution in [0.25, 0.3) is 111 Å². The van der Waals surface area contributed by atoms with E-state index in [2.05, 4.69) is 446 Å². The fraction of sp³-hybridized carbons (Fsp3) is 0.138. The summed E-state index contributed by atoms with van der Waals surface area (Å²) in [5, 5.41) is 31.7. The van der Waals surface area contributed by atoms with Crippen LogP contribution in [-0.2, 0) is 44.7 Å². The molecule has 0 spiro atoms. The molecule has 9 heteroatoms. The van der Waals surface area contributed by atoms with Gasteiger partial charge in [-0.25, -0.2) is 0 Å². The second kappa shape index (κ2) is 33.6. The maximum Gasteiger partial charge on any atom is 0.194 e. The third-order valence-corrected chi connectivity index (χ3v) is 33.9. The van der Waals surface area contributed by atoms with E-state index in [-0.39, 0.29) is 38.6 Å². The van der Waals surface area contributed by atoms with E-state index in [4.69, 9.17) is 0 Å². The topological polar surface area (TPSA) is 74.6 Å². The van der Waals surface area contributed by atoms with Gasteiger partial charge in [0.15, 0.2) is 11.6 Å². The van der Waals surface area contributed by atoms with Gasteiger partial charge < -0.3 is 10.2 Å². The molecule has 4 nitrogen and oxygen atoms in total. The third-order valence-electron chi connectivity index (χ3n) is 31.4. The number of benzene rings is 19. The molecule has 0 saturated carbocycles. The van der Waals surface area contributed by atoms with Crippen LogP contribution in [0.5, 0.6) is 0 Å². The van der Waals surface area contributed by atoms with E-state index in [0.717, 1.165) is 35.4 Å². The number of hydrogen-bond donors (Lipinski definition) is 2. The molecule has 2 N–H and O–H groups in total. The Hall–Kier alpha value is -12.6. The van der Waals surface area contributed by atoms with Crippen molar-refractivity contribution in [2.45, 2.75) is 114 Å². The molecule has 19 aromatic carbocycles. The van der Waals surface area contributed by atoms with E-state index < -0.39 is 11.2 Å². The second-order valence-electron chi connectivity index (χ2n) is 40.8. The standard InChI is InChI=1S/C44H35BrO2.C44H33Br.C15H13Br.C14H7BrO2.C13H9Br/c1-41(2)33-13-7-5-11-29(33)31-20-17-26(23-38(31)41)43(46)35-15-9-10-16-36(35)44(47,40-25-28(45)19-22-37(40)43)27-18-21-32-30-12-6-8-14-34(30)42(3,4)39(32)24-27;1-43(2)37-15-9-7-11-29(37)31-20-17-26(23-39(31)43)41-33-13-5-6-14-34(33)42(36-25-28(45)19-22-35(36)41)27-18-21-32-30-12-8-10-16-38(30)44(3,4)40(32)24-27;1-15(2)13-6-4-3-5-11(13)12-8-7-10(16)9-14(12)15;15-8-5-6-11-12(7-8)14(17)10-4-2-1-3-9(10)13(11)16;14-11-5-6-13-10(8-11)7-9-3-1-2-4-12(9)13/h5-25,46-47H,1-4H3;5-25H,1-4H3;3-9H,1-2H3;1-7H;1-6,8H,7H2. The molecule has 0 aromatic heterocycles. The minimum Gasteiger partial charge on any atom is -0.376 e. The van der Waals surface area contributed by atoms with Crippen molar-refractivity contribution in [1.29, 1.82) is 0 Å².